The van der Waals surface area contributed by atoms with Crippen LogP contribution in [0.1, 0.15) is 19.3 Å². The summed E-state index contributed by atoms with van der Waals surface area (Å²) in [5.74, 6) is 0. The van der Waals surface area contributed by atoms with E-state index in [4.69, 9.17) is 4.74 Å². The van der Waals surface area contributed by atoms with Crippen molar-refractivity contribution < 1.29 is 44.6 Å². The maximum atomic E-state index is 9.60. The van der Waals surface area contributed by atoms with Crippen LogP contribution in [0.25, 0.3) is 0 Å². The Hall–Kier alpha value is 0.590. The second kappa shape index (κ2) is 16.3. The van der Waals surface area contributed by atoms with Gasteiger partial charge in [0.1, 0.15) is 0 Å². The fourth-order valence-electron chi connectivity index (χ4n) is 0.444. The Kier molecular flexibility index (Phi) is 27.5. The van der Waals surface area contributed by atoms with Gasteiger partial charge >= 0.3 is 29.6 Å². The van der Waals surface area contributed by atoms with E-state index >= 15 is 0 Å². The molecule has 0 aliphatic rings. The molecule has 0 bridgehead atoms. The van der Waals surface area contributed by atoms with Crippen LogP contribution < -0.4 is 29.6 Å². The first-order valence-corrected chi connectivity index (χ1v) is 2.75. The molecule has 0 unspecified atom stereocenters. The van der Waals surface area contributed by atoms with Gasteiger partial charge in [-0.1, -0.05) is 6.42 Å². The summed E-state index contributed by atoms with van der Waals surface area (Å²) in [7, 11) is 1.66. The summed E-state index contributed by atoms with van der Waals surface area (Å²) in [4.78, 5) is 9.60. The number of hydrogen-bond donors (Lipinski definition) is 0. The Morgan fingerprint density at radius 3 is 2.40 bits per heavy atom. The second-order valence-corrected chi connectivity index (χ2v) is 1.59. The molecule has 0 rings (SSSR count). The topological polar surface area (TPSA) is 59.3 Å². The van der Waals surface area contributed by atoms with E-state index in [1.54, 1.807) is 7.11 Å². The third-order valence-corrected chi connectivity index (χ3v) is 0.877. The maximum absolute atomic E-state index is 9.60. The number of hydrogen-bond acceptors (Lipinski definition) is 2. The Morgan fingerprint density at radius 2 is 2.00 bits per heavy atom. The molecule has 0 aromatic carbocycles. The van der Waals surface area contributed by atoms with Crippen LogP contribution in [-0.2, 0) is 15.0 Å². The predicted octanol–water partition coefficient (Wildman–Crippen LogP) is -3.01. The zero-order chi connectivity index (χ0) is 6.24. The molecule has 3 nitrogen and oxygen atoms in total. The molecule has 0 spiro atoms. The molecule has 0 atom stereocenters. The fourth-order valence-corrected chi connectivity index (χ4v) is 0.444. The SMILES string of the molecule is COCCCC[C-]=O.[Na+].[OH3+]. The van der Waals surface area contributed by atoms with Crippen LogP contribution in [0.15, 0.2) is 0 Å². The molecule has 0 amide bonds. The first-order valence-electron chi connectivity index (χ1n) is 2.75. The normalized spacial score (nSPS) is 7.30. The van der Waals surface area contributed by atoms with Crippen molar-refractivity contribution in [2.24, 2.45) is 0 Å². The average Bonchev–Trinajstić information content (AvgIpc) is 1.81. The van der Waals surface area contributed by atoms with Crippen molar-refractivity contribution in [1.29, 1.82) is 0 Å². The molecule has 3 N–H and O–H groups in total. The van der Waals surface area contributed by atoms with Crippen LogP contribution in [0, 0.1) is 0 Å². The predicted molar refractivity (Wildman–Crippen MR) is 36.3 cm³/mol. The van der Waals surface area contributed by atoms with Crippen LogP contribution in [0.3, 0.4) is 0 Å². The molecule has 10 heavy (non-hydrogen) atoms. The van der Waals surface area contributed by atoms with E-state index in [1.165, 1.54) is 0 Å². The van der Waals surface area contributed by atoms with Gasteiger partial charge in [0, 0.05) is 13.7 Å². The Morgan fingerprint density at radius 1 is 1.40 bits per heavy atom. The van der Waals surface area contributed by atoms with Crippen LogP contribution in [0.2, 0.25) is 0 Å². The van der Waals surface area contributed by atoms with E-state index in [0.717, 1.165) is 19.4 Å². The Balaban J connectivity index is -0.000000245. The molecule has 4 heteroatoms. The largest absolute Gasteiger partial charge is 1.00 e. The summed E-state index contributed by atoms with van der Waals surface area (Å²) in [5, 5.41) is 0. The molecule has 0 aromatic rings. The summed E-state index contributed by atoms with van der Waals surface area (Å²) in [5.41, 5.74) is 0. The molecular formula is C6H14NaO3+. The third-order valence-electron chi connectivity index (χ3n) is 0.877. The number of methoxy groups -OCH3 is 1. The minimum Gasteiger partial charge on any atom is -0.542 e. The minimum atomic E-state index is 0. The van der Waals surface area contributed by atoms with E-state index in [0.29, 0.717) is 6.42 Å². The van der Waals surface area contributed by atoms with Gasteiger partial charge in [-0.3, -0.25) is 6.29 Å². The van der Waals surface area contributed by atoms with Crippen LogP contribution >= 0.6 is 0 Å². The first-order chi connectivity index (χ1) is 3.91. The summed E-state index contributed by atoms with van der Waals surface area (Å²) >= 11 is 0. The molecule has 0 aliphatic carbocycles. The maximum Gasteiger partial charge on any atom is 1.00 e. The van der Waals surface area contributed by atoms with Crippen LogP contribution in [0.4, 0.5) is 0 Å². The number of ether oxygens (including phenoxy) is 1. The van der Waals surface area contributed by atoms with E-state index < -0.39 is 0 Å². The first kappa shape index (κ1) is 16.9. The van der Waals surface area contributed by atoms with Crippen molar-refractivity contribution in [2.45, 2.75) is 19.3 Å². The summed E-state index contributed by atoms with van der Waals surface area (Å²) in [6.45, 7) is 0.752. The molecule has 0 heterocycles. The Bertz CT molecular complexity index is 59.0. The van der Waals surface area contributed by atoms with Gasteiger partial charge in [0.2, 0.25) is 0 Å². The van der Waals surface area contributed by atoms with Gasteiger partial charge in [0.25, 0.3) is 0 Å². The van der Waals surface area contributed by atoms with Gasteiger partial charge in [0.15, 0.2) is 0 Å². The van der Waals surface area contributed by atoms with Crippen molar-refractivity contribution in [3.63, 3.8) is 0 Å². The van der Waals surface area contributed by atoms with Crippen molar-refractivity contribution in [3.8, 4) is 0 Å². The summed E-state index contributed by atoms with van der Waals surface area (Å²) < 4.78 is 4.76. The molecule has 0 saturated heterocycles. The minimum absolute atomic E-state index is 0. The van der Waals surface area contributed by atoms with Crippen LogP contribution in [0.5, 0.6) is 0 Å². The molecule has 0 fully saturated rings. The van der Waals surface area contributed by atoms with Crippen molar-refractivity contribution in [3.05, 3.63) is 0 Å². The molecular weight excluding hydrogens is 143 g/mol. The van der Waals surface area contributed by atoms with Crippen molar-refractivity contribution >= 4 is 6.29 Å². The van der Waals surface area contributed by atoms with Gasteiger partial charge in [-0.25, -0.2) is 0 Å². The van der Waals surface area contributed by atoms with Crippen molar-refractivity contribution in [2.75, 3.05) is 13.7 Å². The fraction of sp³-hybridized carbons (Fsp3) is 0.833. The van der Waals surface area contributed by atoms with Gasteiger partial charge in [-0.2, -0.15) is 6.42 Å². The van der Waals surface area contributed by atoms with Gasteiger partial charge in [-0.15, -0.1) is 0 Å². The third kappa shape index (κ3) is 15.8. The van der Waals surface area contributed by atoms with E-state index in [9.17, 15) is 4.79 Å². The zero-order valence-electron chi connectivity index (χ0n) is 6.72. The van der Waals surface area contributed by atoms with E-state index in [2.05, 4.69) is 0 Å². The number of rotatable bonds is 5. The molecule has 0 aromatic heterocycles. The quantitative estimate of drug-likeness (QED) is 0.185. The second-order valence-electron chi connectivity index (χ2n) is 1.59. The van der Waals surface area contributed by atoms with E-state index in [-0.39, 0.29) is 35.0 Å². The number of unbranched alkanes of at least 4 members (excludes halogenated alkanes) is 2. The molecule has 0 radical (unpaired) electrons. The monoisotopic (exact) mass is 157 g/mol. The zero-order valence-corrected chi connectivity index (χ0v) is 8.72. The molecule has 56 valence electrons. The molecule has 0 saturated carbocycles. The number of carbonyl (C=O) groups excluding carboxylic acids is 1. The summed E-state index contributed by atoms with van der Waals surface area (Å²) in [6, 6.07) is 0. The van der Waals surface area contributed by atoms with Gasteiger partial charge in [0.05, 0.1) is 0 Å². The van der Waals surface area contributed by atoms with E-state index in [1.807, 2.05) is 6.29 Å². The molecule has 0 aliphatic heterocycles. The van der Waals surface area contributed by atoms with Crippen molar-refractivity contribution in [1.82, 2.24) is 0 Å². The van der Waals surface area contributed by atoms with Gasteiger partial charge < -0.3 is 15.0 Å². The van der Waals surface area contributed by atoms with Crippen LogP contribution in [-0.4, -0.2) is 20.0 Å². The van der Waals surface area contributed by atoms with Gasteiger partial charge in [-0.05, 0) is 6.42 Å². The standard InChI is InChI=1S/C6H11O2.Na.H2O/c1-8-6-4-2-3-5-7;;/h2-4,6H2,1H3;;1H2/q-1;+1;/p+1. The average molecular weight is 157 g/mol. The summed E-state index contributed by atoms with van der Waals surface area (Å²) in [6.07, 6.45) is 4.23. The Labute approximate surface area is 83.7 Å². The smallest absolute Gasteiger partial charge is 0.542 e.